The molecule has 8 heteroatoms. The van der Waals surface area contributed by atoms with E-state index in [0.717, 1.165) is 36.9 Å². The average Bonchev–Trinajstić information content (AvgIpc) is 3.40. The molecule has 2 aliphatic carbocycles. The second-order valence-corrected chi connectivity index (χ2v) is 11.6. The molecule has 1 aliphatic heterocycles. The van der Waals surface area contributed by atoms with Gasteiger partial charge >= 0.3 is 6.09 Å². The van der Waals surface area contributed by atoms with Crippen LogP contribution in [0.2, 0.25) is 0 Å². The highest BCUT2D eigenvalue weighted by Gasteiger charge is 2.62. The van der Waals surface area contributed by atoms with Crippen LogP contribution in [0, 0.1) is 5.92 Å². The Balaban J connectivity index is 1.27. The van der Waals surface area contributed by atoms with Crippen molar-refractivity contribution in [2.45, 2.75) is 76.0 Å². The number of aromatic nitrogens is 1. The number of carbonyl (C=O) groups excluding carboxylic acids is 2. The number of rotatable bonds is 4. The molecule has 2 atom stereocenters. The molecule has 2 amide bonds. The first-order chi connectivity index (χ1) is 17.0. The quantitative estimate of drug-likeness (QED) is 0.596. The lowest BCUT2D eigenvalue weighted by Gasteiger charge is -2.26. The molecule has 2 aromatic rings. The van der Waals surface area contributed by atoms with Crippen LogP contribution in [0.3, 0.4) is 0 Å². The van der Waals surface area contributed by atoms with Crippen molar-refractivity contribution in [3.63, 3.8) is 0 Å². The third kappa shape index (κ3) is 4.91. The Morgan fingerprint density at radius 2 is 1.83 bits per heavy atom. The van der Waals surface area contributed by atoms with E-state index in [1.165, 1.54) is 5.56 Å². The number of nitrogens with two attached hydrogens (primary N) is 1. The minimum Gasteiger partial charge on any atom is -0.444 e. The molecule has 0 bridgehead atoms. The van der Waals surface area contributed by atoms with E-state index in [1.807, 2.05) is 37.8 Å². The van der Waals surface area contributed by atoms with Crippen molar-refractivity contribution in [2.24, 2.45) is 5.92 Å². The predicted molar refractivity (Wildman–Crippen MR) is 137 cm³/mol. The SMILES string of the molecule is CC(C)(C)OC(=O)N1C[C@H]2C[C@]2(c2ccc(-c3cnc(N)c(C(=O)NC4CCC(O)CC4)c3)cc2)C1. The fourth-order valence-electron chi connectivity index (χ4n) is 5.69. The Bertz CT molecular complexity index is 1150. The number of pyridine rings is 1. The number of anilines is 1. The summed E-state index contributed by atoms with van der Waals surface area (Å²) in [6.07, 6.45) is 5.17. The minimum absolute atomic E-state index is 0.00736. The summed E-state index contributed by atoms with van der Waals surface area (Å²) in [4.78, 5) is 31.6. The van der Waals surface area contributed by atoms with Crippen molar-refractivity contribution < 1.29 is 19.4 Å². The zero-order valence-corrected chi connectivity index (χ0v) is 21.3. The van der Waals surface area contributed by atoms with Crippen molar-refractivity contribution in [3.8, 4) is 11.1 Å². The van der Waals surface area contributed by atoms with Crippen LogP contribution in [0.5, 0.6) is 0 Å². The number of aliphatic hydroxyl groups is 1. The standard InChI is InChI=1S/C28H36N4O4/c1-27(2,3)36-26(35)32-15-20-13-28(20,16-32)19-6-4-17(5-7-19)18-12-23(24(29)30-14-18)25(34)31-21-8-10-22(33)11-9-21/h4-7,12,14,20-22,33H,8-11,13,15-16H2,1-3H3,(H2,29,30)(H,31,34)/t20-,21?,22?,28-/m1/s1. The number of aliphatic hydroxyl groups excluding tert-OH is 1. The molecule has 2 saturated carbocycles. The van der Waals surface area contributed by atoms with Crippen molar-refractivity contribution in [1.29, 1.82) is 0 Å². The Kier molecular flexibility index (Phi) is 6.19. The smallest absolute Gasteiger partial charge is 0.410 e. The second kappa shape index (κ2) is 9.07. The van der Waals surface area contributed by atoms with E-state index in [2.05, 4.69) is 22.4 Å². The molecule has 1 saturated heterocycles. The molecule has 5 rings (SSSR count). The van der Waals surface area contributed by atoms with Gasteiger partial charge in [0.25, 0.3) is 5.91 Å². The monoisotopic (exact) mass is 492 g/mol. The fraction of sp³-hybridized carbons (Fsp3) is 0.536. The Morgan fingerprint density at radius 3 is 2.50 bits per heavy atom. The first-order valence-corrected chi connectivity index (χ1v) is 12.9. The number of nitrogens with one attached hydrogen (secondary N) is 1. The van der Waals surface area contributed by atoms with Gasteiger partial charge in [0.2, 0.25) is 0 Å². The average molecular weight is 493 g/mol. The molecule has 192 valence electrons. The number of ether oxygens (including phenoxy) is 1. The first kappa shape index (κ1) is 24.6. The number of hydrogen-bond donors (Lipinski definition) is 3. The molecule has 1 aromatic heterocycles. The van der Waals surface area contributed by atoms with Crippen LogP contribution in [0.4, 0.5) is 10.6 Å². The lowest BCUT2D eigenvalue weighted by molar-refractivity contribution is 0.0270. The maximum Gasteiger partial charge on any atom is 0.410 e. The third-order valence-corrected chi connectivity index (χ3v) is 7.79. The highest BCUT2D eigenvalue weighted by molar-refractivity contribution is 5.99. The number of piperidine rings is 1. The number of hydrogen-bond acceptors (Lipinski definition) is 6. The summed E-state index contributed by atoms with van der Waals surface area (Å²) in [5.74, 6) is 0.439. The van der Waals surface area contributed by atoms with E-state index in [9.17, 15) is 14.7 Å². The Labute approximate surface area is 212 Å². The van der Waals surface area contributed by atoms with Gasteiger partial charge in [0.15, 0.2) is 0 Å². The van der Waals surface area contributed by atoms with Gasteiger partial charge < -0.3 is 25.8 Å². The van der Waals surface area contributed by atoms with Gasteiger partial charge in [0, 0.05) is 36.3 Å². The summed E-state index contributed by atoms with van der Waals surface area (Å²) in [6.45, 7) is 7.07. The molecule has 1 aromatic carbocycles. The van der Waals surface area contributed by atoms with Crippen LogP contribution in [0.15, 0.2) is 36.5 Å². The van der Waals surface area contributed by atoms with Gasteiger partial charge in [-0.1, -0.05) is 24.3 Å². The summed E-state index contributed by atoms with van der Waals surface area (Å²) >= 11 is 0. The Hall–Kier alpha value is -3.13. The number of fused-ring (bicyclic) bond motifs is 1. The molecule has 3 aliphatic rings. The summed E-state index contributed by atoms with van der Waals surface area (Å²) in [7, 11) is 0. The summed E-state index contributed by atoms with van der Waals surface area (Å²) < 4.78 is 5.57. The number of nitrogen functional groups attached to an aromatic ring is 1. The van der Waals surface area contributed by atoms with Crippen LogP contribution < -0.4 is 11.1 Å². The van der Waals surface area contributed by atoms with E-state index in [0.29, 0.717) is 30.9 Å². The van der Waals surface area contributed by atoms with Crippen LogP contribution >= 0.6 is 0 Å². The van der Waals surface area contributed by atoms with E-state index >= 15 is 0 Å². The van der Waals surface area contributed by atoms with E-state index in [-0.39, 0.29) is 35.4 Å². The van der Waals surface area contributed by atoms with Crippen molar-refractivity contribution in [2.75, 3.05) is 18.8 Å². The summed E-state index contributed by atoms with van der Waals surface area (Å²) in [5.41, 5.74) is 8.93. The highest BCUT2D eigenvalue weighted by Crippen LogP contribution is 2.59. The summed E-state index contributed by atoms with van der Waals surface area (Å²) in [6, 6.07) is 10.2. The summed E-state index contributed by atoms with van der Waals surface area (Å²) in [5, 5.41) is 12.8. The zero-order chi connectivity index (χ0) is 25.7. The molecule has 3 fully saturated rings. The molecule has 36 heavy (non-hydrogen) atoms. The molecular weight excluding hydrogens is 456 g/mol. The van der Waals surface area contributed by atoms with Gasteiger partial charge in [0.1, 0.15) is 11.4 Å². The lowest BCUT2D eigenvalue weighted by Crippen LogP contribution is -2.38. The molecule has 0 unspecified atom stereocenters. The van der Waals surface area contributed by atoms with E-state index in [1.54, 1.807) is 12.3 Å². The van der Waals surface area contributed by atoms with E-state index < -0.39 is 5.60 Å². The van der Waals surface area contributed by atoms with Gasteiger partial charge in [-0.3, -0.25) is 4.79 Å². The molecule has 0 spiro atoms. The molecule has 4 N–H and O–H groups in total. The normalized spacial score (nSPS) is 27.3. The first-order valence-electron chi connectivity index (χ1n) is 12.9. The van der Waals surface area contributed by atoms with E-state index in [4.69, 9.17) is 10.5 Å². The van der Waals surface area contributed by atoms with Crippen molar-refractivity contribution in [1.82, 2.24) is 15.2 Å². The molecule has 8 nitrogen and oxygen atoms in total. The van der Waals surface area contributed by atoms with Crippen LogP contribution in [0.1, 0.15) is 68.8 Å². The maximum atomic E-state index is 12.9. The molecule has 0 radical (unpaired) electrons. The van der Waals surface area contributed by atoms with Gasteiger partial charge in [-0.25, -0.2) is 9.78 Å². The number of benzene rings is 1. The largest absolute Gasteiger partial charge is 0.444 e. The zero-order valence-electron chi connectivity index (χ0n) is 21.3. The Morgan fingerprint density at radius 1 is 1.14 bits per heavy atom. The van der Waals surface area contributed by atoms with Gasteiger partial charge in [-0.05, 0) is 76.0 Å². The van der Waals surface area contributed by atoms with Crippen LogP contribution in [-0.4, -0.2) is 57.8 Å². The number of carbonyl (C=O) groups is 2. The number of likely N-dealkylation sites (tertiary alicyclic amines) is 1. The molecule has 2 heterocycles. The number of nitrogens with zero attached hydrogens (tertiary/aromatic N) is 2. The van der Waals surface area contributed by atoms with Gasteiger partial charge in [-0.15, -0.1) is 0 Å². The van der Waals surface area contributed by atoms with Crippen molar-refractivity contribution >= 4 is 17.8 Å². The predicted octanol–water partition coefficient (Wildman–Crippen LogP) is 3.87. The van der Waals surface area contributed by atoms with Gasteiger partial charge in [-0.2, -0.15) is 0 Å². The lowest BCUT2D eigenvalue weighted by atomic mass is 9.92. The topological polar surface area (TPSA) is 118 Å². The minimum atomic E-state index is -0.500. The third-order valence-electron chi connectivity index (χ3n) is 7.79. The molecular formula is C28H36N4O4. The van der Waals surface area contributed by atoms with Crippen LogP contribution in [-0.2, 0) is 10.2 Å². The van der Waals surface area contributed by atoms with Crippen molar-refractivity contribution in [3.05, 3.63) is 47.7 Å². The second-order valence-electron chi connectivity index (χ2n) is 11.6. The van der Waals surface area contributed by atoms with Gasteiger partial charge in [0.05, 0.1) is 11.7 Å². The number of amides is 2. The highest BCUT2D eigenvalue weighted by atomic mass is 16.6. The maximum absolute atomic E-state index is 12.9. The fourth-order valence-corrected chi connectivity index (χ4v) is 5.69. The van der Waals surface area contributed by atoms with Crippen LogP contribution in [0.25, 0.3) is 11.1 Å².